The van der Waals surface area contributed by atoms with Gasteiger partial charge in [-0.2, -0.15) is 5.26 Å². The van der Waals surface area contributed by atoms with Gasteiger partial charge in [0.2, 0.25) is 0 Å². The molecule has 0 amide bonds. The number of hydrogen-bond donors (Lipinski definition) is 0. The first-order chi connectivity index (χ1) is 8.86. The maximum absolute atomic E-state index is 8.97. The Balaban J connectivity index is 1.64. The maximum Gasteiger partial charge on any atom is 0.183 e. The molecular weight excluding hydrogens is 228 g/mol. The summed E-state index contributed by atoms with van der Waals surface area (Å²) < 4.78 is 2.07. The molecule has 0 N–H and O–H groups in total. The van der Waals surface area contributed by atoms with E-state index < -0.39 is 0 Å². The van der Waals surface area contributed by atoms with Crippen LogP contribution in [0, 0.1) is 17.2 Å². The van der Waals surface area contributed by atoms with Crippen LogP contribution in [-0.4, -0.2) is 32.6 Å². The number of imidazole rings is 1. The Hall–Kier alpha value is -2.42. The van der Waals surface area contributed by atoms with Crippen LogP contribution >= 0.6 is 0 Å². The molecular formula is C12H12N6. The highest BCUT2D eigenvalue weighted by atomic mass is 15.3. The molecule has 6 heteroatoms. The van der Waals surface area contributed by atoms with Gasteiger partial charge in [0.05, 0.1) is 6.33 Å². The first kappa shape index (κ1) is 10.7. The Morgan fingerprint density at radius 3 is 2.83 bits per heavy atom. The van der Waals surface area contributed by atoms with Gasteiger partial charge in [-0.15, -0.1) is 0 Å². The first-order valence-corrected chi connectivity index (χ1v) is 5.78. The van der Waals surface area contributed by atoms with E-state index in [0.717, 1.165) is 19.6 Å². The molecule has 2 aromatic rings. The van der Waals surface area contributed by atoms with Crippen LogP contribution in [0.5, 0.6) is 0 Å². The number of rotatable bonds is 3. The monoisotopic (exact) mass is 240 g/mol. The van der Waals surface area contributed by atoms with Crippen molar-refractivity contribution in [3.05, 3.63) is 36.8 Å². The molecule has 6 nitrogen and oxygen atoms in total. The highest BCUT2D eigenvalue weighted by molar-refractivity contribution is 5.51. The molecule has 1 aliphatic heterocycles. The molecule has 0 atom stereocenters. The van der Waals surface area contributed by atoms with Crippen molar-refractivity contribution < 1.29 is 0 Å². The normalized spacial score (nSPS) is 15.2. The summed E-state index contributed by atoms with van der Waals surface area (Å²) >= 11 is 0. The quantitative estimate of drug-likeness (QED) is 0.789. The molecule has 18 heavy (non-hydrogen) atoms. The molecule has 0 radical (unpaired) electrons. The summed E-state index contributed by atoms with van der Waals surface area (Å²) in [7, 11) is 0. The maximum atomic E-state index is 8.97. The lowest BCUT2D eigenvalue weighted by Gasteiger charge is -2.40. The lowest BCUT2D eigenvalue weighted by atomic mass is 10.00. The summed E-state index contributed by atoms with van der Waals surface area (Å²) in [6, 6.07) is 2.07. The Morgan fingerprint density at radius 1 is 1.28 bits per heavy atom. The van der Waals surface area contributed by atoms with E-state index in [-0.39, 0.29) is 0 Å². The second kappa shape index (κ2) is 4.45. The summed E-state index contributed by atoms with van der Waals surface area (Å²) in [6.07, 6.45) is 8.74. The predicted molar refractivity (Wildman–Crippen MR) is 64.7 cm³/mol. The zero-order valence-electron chi connectivity index (χ0n) is 9.77. The Morgan fingerprint density at radius 2 is 2.11 bits per heavy atom. The SMILES string of the molecule is N#Cc1nccnc1N1CC(Cn2ccnc2)C1. The highest BCUT2D eigenvalue weighted by Gasteiger charge is 2.29. The average Bonchev–Trinajstić information content (AvgIpc) is 2.86. The lowest BCUT2D eigenvalue weighted by molar-refractivity contribution is 0.355. The second-order valence-electron chi connectivity index (χ2n) is 4.37. The van der Waals surface area contributed by atoms with Gasteiger partial charge >= 0.3 is 0 Å². The van der Waals surface area contributed by atoms with Crippen LogP contribution in [0.1, 0.15) is 5.69 Å². The van der Waals surface area contributed by atoms with Crippen LogP contribution in [-0.2, 0) is 6.54 Å². The minimum absolute atomic E-state index is 0.401. The van der Waals surface area contributed by atoms with Crippen LogP contribution in [0.2, 0.25) is 0 Å². The van der Waals surface area contributed by atoms with Crippen LogP contribution in [0.25, 0.3) is 0 Å². The fourth-order valence-electron chi connectivity index (χ4n) is 2.19. The van der Waals surface area contributed by atoms with Crippen molar-refractivity contribution in [3.8, 4) is 6.07 Å². The first-order valence-electron chi connectivity index (χ1n) is 5.78. The van der Waals surface area contributed by atoms with E-state index in [4.69, 9.17) is 5.26 Å². The topological polar surface area (TPSA) is 70.6 Å². The zero-order valence-corrected chi connectivity index (χ0v) is 9.77. The molecule has 1 saturated heterocycles. The number of nitrogens with zero attached hydrogens (tertiary/aromatic N) is 6. The molecule has 0 unspecified atom stereocenters. The second-order valence-corrected chi connectivity index (χ2v) is 4.37. The molecule has 0 bridgehead atoms. The van der Waals surface area contributed by atoms with E-state index in [1.807, 2.05) is 12.5 Å². The summed E-state index contributed by atoms with van der Waals surface area (Å²) in [5, 5.41) is 8.97. The fourth-order valence-corrected chi connectivity index (χ4v) is 2.19. The minimum atomic E-state index is 0.401. The van der Waals surface area contributed by atoms with E-state index in [1.54, 1.807) is 18.6 Å². The fraction of sp³-hybridized carbons (Fsp3) is 0.333. The van der Waals surface area contributed by atoms with Crippen molar-refractivity contribution in [3.63, 3.8) is 0 Å². The number of nitriles is 1. The minimum Gasteiger partial charge on any atom is -0.353 e. The summed E-state index contributed by atoms with van der Waals surface area (Å²) in [5.41, 5.74) is 0.401. The molecule has 3 heterocycles. The van der Waals surface area contributed by atoms with Crippen LogP contribution in [0.15, 0.2) is 31.1 Å². The highest BCUT2D eigenvalue weighted by Crippen LogP contribution is 2.25. The third-order valence-corrected chi connectivity index (χ3v) is 3.07. The van der Waals surface area contributed by atoms with E-state index >= 15 is 0 Å². The molecule has 90 valence electrons. The van der Waals surface area contributed by atoms with E-state index in [9.17, 15) is 0 Å². The van der Waals surface area contributed by atoms with Gasteiger partial charge in [-0.05, 0) is 0 Å². The van der Waals surface area contributed by atoms with Crippen molar-refractivity contribution in [1.29, 1.82) is 5.26 Å². The third-order valence-electron chi connectivity index (χ3n) is 3.07. The Bertz CT molecular complexity index is 565. The zero-order chi connectivity index (χ0) is 12.4. The third kappa shape index (κ3) is 1.91. The van der Waals surface area contributed by atoms with Gasteiger partial charge in [0.25, 0.3) is 0 Å². The summed E-state index contributed by atoms with van der Waals surface area (Å²) in [4.78, 5) is 14.4. The molecule has 0 spiro atoms. The predicted octanol–water partition coefficient (Wildman–Crippen LogP) is 0.681. The van der Waals surface area contributed by atoms with E-state index in [1.165, 1.54) is 0 Å². The van der Waals surface area contributed by atoms with E-state index in [0.29, 0.717) is 17.4 Å². The molecule has 2 aromatic heterocycles. The van der Waals surface area contributed by atoms with Crippen LogP contribution in [0.3, 0.4) is 0 Å². The Labute approximate surface area is 105 Å². The van der Waals surface area contributed by atoms with Crippen molar-refractivity contribution in [2.75, 3.05) is 18.0 Å². The molecule has 1 fully saturated rings. The molecule has 0 saturated carbocycles. The van der Waals surface area contributed by atoms with Gasteiger partial charge in [0, 0.05) is 50.3 Å². The van der Waals surface area contributed by atoms with Crippen molar-refractivity contribution in [2.24, 2.45) is 5.92 Å². The molecule has 0 aliphatic carbocycles. The Kier molecular flexibility index (Phi) is 2.65. The molecule has 0 aromatic carbocycles. The smallest absolute Gasteiger partial charge is 0.183 e. The standard InChI is InChI=1S/C12H12N6/c13-5-11-12(16-2-1-15-11)18-7-10(8-18)6-17-4-3-14-9-17/h1-4,9-10H,6-8H2. The average molecular weight is 240 g/mol. The summed E-state index contributed by atoms with van der Waals surface area (Å²) in [5.74, 6) is 1.27. The van der Waals surface area contributed by atoms with Gasteiger partial charge in [-0.3, -0.25) is 0 Å². The molecule has 3 rings (SSSR count). The number of aromatic nitrogens is 4. The van der Waals surface area contributed by atoms with Crippen molar-refractivity contribution in [1.82, 2.24) is 19.5 Å². The lowest BCUT2D eigenvalue weighted by Crippen LogP contribution is -2.49. The van der Waals surface area contributed by atoms with Crippen molar-refractivity contribution in [2.45, 2.75) is 6.54 Å². The molecule has 1 aliphatic rings. The van der Waals surface area contributed by atoms with Gasteiger partial charge in [-0.1, -0.05) is 0 Å². The van der Waals surface area contributed by atoms with Gasteiger partial charge < -0.3 is 9.47 Å². The number of anilines is 1. The van der Waals surface area contributed by atoms with Crippen LogP contribution < -0.4 is 4.90 Å². The van der Waals surface area contributed by atoms with Gasteiger partial charge in [0.1, 0.15) is 6.07 Å². The number of hydrogen-bond acceptors (Lipinski definition) is 5. The van der Waals surface area contributed by atoms with Crippen LogP contribution in [0.4, 0.5) is 5.82 Å². The summed E-state index contributed by atoms with van der Waals surface area (Å²) in [6.45, 7) is 2.77. The van der Waals surface area contributed by atoms with Gasteiger partial charge in [-0.25, -0.2) is 15.0 Å². The largest absolute Gasteiger partial charge is 0.353 e. The van der Waals surface area contributed by atoms with Gasteiger partial charge in [0.15, 0.2) is 11.5 Å². The van der Waals surface area contributed by atoms with Crippen molar-refractivity contribution >= 4 is 5.82 Å². The van der Waals surface area contributed by atoms with E-state index in [2.05, 4.69) is 30.5 Å².